The van der Waals surface area contributed by atoms with E-state index in [9.17, 15) is 4.79 Å². The van der Waals surface area contributed by atoms with Crippen LogP contribution in [-0.4, -0.2) is 10.9 Å². The van der Waals surface area contributed by atoms with Gasteiger partial charge in [-0.2, -0.15) is 0 Å². The first-order chi connectivity index (χ1) is 8.56. The molecule has 18 heavy (non-hydrogen) atoms. The van der Waals surface area contributed by atoms with Crippen molar-refractivity contribution in [3.63, 3.8) is 0 Å². The Morgan fingerprint density at radius 1 is 1.56 bits per heavy atom. The van der Waals surface area contributed by atoms with Gasteiger partial charge in [0.1, 0.15) is 0 Å². The summed E-state index contributed by atoms with van der Waals surface area (Å²) >= 11 is 4.87. The Balaban J connectivity index is 2.03. The third-order valence-corrected chi connectivity index (χ3v) is 3.67. The maximum atomic E-state index is 11.9. The number of carbonyl (C=O) groups excluding carboxylic acids is 1. The third-order valence-electron chi connectivity index (χ3n) is 2.35. The van der Waals surface area contributed by atoms with Crippen molar-refractivity contribution < 1.29 is 4.79 Å². The number of carbonyl (C=O) groups is 1. The number of nitrogens with one attached hydrogen (secondary N) is 1. The summed E-state index contributed by atoms with van der Waals surface area (Å²) in [4.78, 5) is 16.2. The highest BCUT2D eigenvalue weighted by molar-refractivity contribution is 9.10. The van der Waals surface area contributed by atoms with Crippen LogP contribution in [0.25, 0.3) is 0 Å². The Bertz CT molecular complexity index is 582. The normalized spacial score (nSPS) is 10.3. The number of nitrogens with two attached hydrogens (primary N) is 1. The van der Waals surface area contributed by atoms with Gasteiger partial charge in [-0.05, 0) is 25.1 Å². The van der Waals surface area contributed by atoms with Gasteiger partial charge in [-0.1, -0.05) is 15.9 Å². The van der Waals surface area contributed by atoms with E-state index in [1.165, 1.54) is 0 Å². The number of thiazole rings is 1. The number of benzene rings is 1. The SMILES string of the molecule is Cc1nc(CNC(=O)c2ccc(Br)cc2N)cs1. The number of halogens is 1. The molecule has 0 spiro atoms. The molecular weight excluding hydrogens is 314 g/mol. The van der Waals surface area contributed by atoms with Gasteiger partial charge in [0.05, 0.1) is 22.8 Å². The van der Waals surface area contributed by atoms with Crippen LogP contribution in [0.2, 0.25) is 0 Å². The van der Waals surface area contributed by atoms with Crippen LogP contribution in [0.3, 0.4) is 0 Å². The van der Waals surface area contributed by atoms with Gasteiger partial charge in [-0.3, -0.25) is 4.79 Å². The summed E-state index contributed by atoms with van der Waals surface area (Å²) in [7, 11) is 0. The van der Waals surface area contributed by atoms with Crippen molar-refractivity contribution in [1.82, 2.24) is 10.3 Å². The molecule has 4 nitrogen and oxygen atoms in total. The van der Waals surface area contributed by atoms with E-state index in [4.69, 9.17) is 5.73 Å². The van der Waals surface area contributed by atoms with Crippen LogP contribution in [0.5, 0.6) is 0 Å². The molecule has 0 aliphatic carbocycles. The zero-order chi connectivity index (χ0) is 13.1. The first kappa shape index (κ1) is 13.0. The van der Waals surface area contributed by atoms with Gasteiger partial charge >= 0.3 is 0 Å². The van der Waals surface area contributed by atoms with Crippen LogP contribution < -0.4 is 11.1 Å². The van der Waals surface area contributed by atoms with E-state index < -0.39 is 0 Å². The first-order valence-corrected chi connectivity index (χ1v) is 6.98. The minimum Gasteiger partial charge on any atom is -0.398 e. The fourth-order valence-corrected chi connectivity index (χ4v) is 2.49. The number of hydrogen-bond donors (Lipinski definition) is 2. The van der Waals surface area contributed by atoms with Gasteiger partial charge in [0.2, 0.25) is 0 Å². The molecule has 6 heteroatoms. The molecule has 1 amide bonds. The Labute approximate surface area is 117 Å². The van der Waals surface area contributed by atoms with E-state index in [1.54, 1.807) is 29.5 Å². The lowest BCUT2D eigenvalue weighted by molar-refractivity contribution is 0.0951. The van der Waals surface area contributed by atoms with Crippen LogP contribution in [0.1, 0.15) is 21.1 Å². The number of amides is 1. The second kappa shape index (κ2) is 5.49. The number of aromatic nitrogens is 1. The minimum absolute atomic E-state index is 0.189. The first-order valence-electron chi connectivity index (χ1n) is 5.30. The Morgan fingerprint density at radius 2 is 2.33 bits per heavy atom. The average Bonchev–Trinajstić information content (AvgIpc) is 2.72. The van der Waals surface area contributed by atoms with Gasteiger partial charge in [0.25, 0.3) is 5.91 Å². The number of aryl methyl sites for hydroxylation is 1. The summed E-state index contributed by atoms with van der Waals surface area (Å²) in [6.07, 6.45) is 0. The van der Waals surface area contributed by atoms with E-state index in [-0.39, 0.29) is 5.91 Å². The topological polar surface area (TPSA) is 68.0 Å². The van der Waals surface area contributed by atoms with Crippen molar-refractivity contribution in [1.29, 1.82) is 0 Å². The molecule has 3 N–H and O–H groups in total. The van der Waals surface area contributed by atoms with Crippen molar-refractivity contribution in [2.75, 3.05) is 5.73 Å². The molecule has 0 saturated carbocycles. The molecule has 0 aliphatic heterocycles. The molecule has 0 fully saturated rings. The highest BCUT2D eigenvalue weighted by Crippen LogP contribution is 2.18. The molecule has 0 unspecified atom stereocenters. The number of hydrogen-bond acceptors (Lipinski definition) is 4. The van der Waals surface area contributed by atoms with Crippen LogP contribution in [0.4, 0.5) is 5.69 Å². The molecule has 2 rings (SSSR count). The maximum absolute atomic E-state index is 11.9. The molecule has 0 radical (unpaired) electrons. The van der Waals surface area contributed by atoms with Crippen molar-refractivity contribution in [2.24, 2.45) is 0 Å². The second-order valence-electron chi connectivity index (χ2n) is 3.77. The highest BCUT2D eigenvalue weighted by atomic mass is 79.9. The lowest BCUT2D eigenvalue weighted by Gasteiger charge is -2.06. The summed E-state index contributed by atoms with van der Waals surface area (Å²) in [5.74, 6) is -0.189. The molecule has 1 aromatic heterocycles. The van der Waals surface area contributed by atoms with E-state index in [0.717, 1.165) is 15.2 Å². The smallest absolute Gasteiger partial charge is 0.253 e. The van der Waals surface area contributed by atoms with Crippen LogP contribution in [-0.2, 0) is 6.54 Å². The van der Waals surface area contributed by atoms with E-state index in [0.29, 0.717) is 17.8 Å². The molecule has 1 heterocycles. The van der Waals surface area contributed by atoms with Gasteiger partial charge in [0.15, 0.2) is 0 Å². The average molecular weight is 326 g/mol. The number of anilines is 1. The predicted octanol–water partition coefficient (Wildman–Crippen LogP) is 2.73. The lowest BCUT2D eigenvalue weighted by Crippen LogP contribution is -2.23. The van der Waals surface area contributed by atoms with E-state index in [2.05, 4.69) is 26.2 Å². The summed E-state index contributed by atoms with van der Waals surface area (Å²) in [5, 5.41) is 5.72. The summed E-state index contributed by atoms with van der Waals surface area (Å²) in [6.45, 7) is 2.35. The van der Waals surface area contributed by atoms with Crippen LogP contribution >= 0.6 is 27.3 Å². The van der Waals surface area contributed by atoms with Crippen molar-refractivity contribution >= 4 is 38.9 Å². The standard InChI is InChI=1S/C12H12BrN3OS/c1-7-16-9(6-18-7)5-15-12(17)10-3-2-8(13)4-11(10)14/h2-4,6H,5,14H2,1H3,(H,15,17). The number of rotatable bonds is 3. The fourth-order valence-electron chi connectivity index (χ4n) is 1.50. The molecule has 1 aromatic carbocycles. The van der Waals surface area contributed by atoms with Crippen LogP contribution in [0, 0.1) is 6.92 Å². The van der Waals surface area contributed by atoms with Gasteiger partial charge in [-0.25, -0.2) is 4.98 Å². The van der Waals surface area contributed by atoms with Gasteiger partial charge < -0.3 is 11.1 Å². The third kappa shape index (κ3) is 3.08. The summed E-state index contributed by atoms with van der Waals surface area (Å²) < 4.78 is 0.853. The fraction of sp³-hybridized carbons (Fsp3) is 0.167. The molecule has 0 aliphatic rings. The highest BCUT2D eigenvalue weighted by Gasteiger charge is 2.10. The zero-order valence-electron chi connectivity index (χ0n) is 9.74. The van der Waals surface area contributed by atoms with Crippen molar-refractivity contribution in [3.8, 4) is 0 Å². The molecular formula is C12H12BrN3OS. The monoisotopic (exact) mass is 325 g/mol. The van der Waals surface area contributed by atoms with E-state index in [1.807, 2.05) is 12.3 Å². The Morgan fingerprint density at radius 3 is 2.94 bits per heavy atom. The van der Waals surface area contributed by atoms with Gasteiger partial charge in [-0.15, -0.1) is 11.3 Å². The van der Waals surface area contributed by atoms with Crippen molar-refractivity contribution in [3.05, 3.63) is 44.3 Å². The maximum Gasteiger partial charge on any atom is 0.253 e. The number of nitrogens with zero attached hydrogens (tertiary/aromatic N) is 1. The largest absolute Gasteiger partial charge is 0.398 e. The molecule has 0 saturated heterocycles. The molecule has 2 aromatic rings. The van der Waals surface area contributed by atoms with Gasteiger partial charge in [0, 0.05) is 15.5 Å². The number of nitrogen functional groups attached to an aromatic ring is 1. The molecule has 0 bridgehead atoms. The van der Waals surface area contributed by atoms with E-state index >= 15 is 0 Å². The second-order valence-corrected chi connectivity index (χ2v) is 5.75. The molecule has 94 valence electrons. The predicted molar refractivity (Wildman–Crippen MR) is 76.6 cm³/mol. The molecule has 0 atom stereocenters. The summed E-state index contributed by atoms with van der Waals surface area (Å²) in [6, 6.07) is 5.20. The Kier molecular flexibility index (Phi) is 3.98. The quantitative estimate of drug-likeness (QED) is 0.852. The lowest BCUT2D eigenvalue weighted by atomic mass is 10.1. The summed E-state index contributed by atoms with van der Waals surface area (Å²) in [5.41, 5.74) is 7.59. The van der Waals surface area contributed by atoms with Crippen molar-refractivity contribution in [2.45, 2.75) is 13.5 Å². The minimum atomic E-state index is -0.189. The van der Waals surface area contributed by atoms with Crippen LogP contribution in [0.15, 0.2) is 28.1 Å². The Hall–Kier alpha value is -1.40. The zero-order valence-corrected chi connectivity index (χ0v) is 12.1.